The van der Waals surface area contributed by atoms with Crippen LogP contribution in [0.5, 0.6) is 0 Å². The minimum Gasteiger partial charge on any atom is -0.465 e. The molecule has 0 saturated heterocycles. The molecular weight excluding hydrogens is 204 g/mol. The summed E-state index contributed by atoms with van der Waals surface area (Å²) in [6.45, 7) is 8.29. The van der Waals surface area contributed by atoms with Crippen LogP contribution in [-0.4, -0.2) is 18.4 Å². The first-order chi connectivity index (χ1) is 7.52. The van der Waals surface area contributed by atoms with Crippen LogP contribution in [0.2, 0.25) is 0 Å². The van der Waals surface area contributed by atoms with Crippen LogP contribution >= 0.6 is 0 Å². The Labute approximate surface area is 98.6 Å². The summed E-state index contributed by atoms with van der Waals surface area (Å²) in [5, 5.41) is 0. The van der Waals surface area contributed by atoms with Gasteiger partial charge in [0, 0.05) is 18.8 Å². The third kappa shape index (κ3) is 5.89. The van der Waals surface area contributed by atoms with E-state index in [0.717, 1.165) is 12.8 Å². The molecule has 0 radical (unpaired) electrons. The molecule has 0 aromatic carbocycles. The Morgan fingerprint density at radius 1 is 1.12 bits per heavy atom. The minimum atomic E-state index is -0.201. The maximum Gasteiger partial charge on any atom is 0.305 e. The van der Waals surface area contributed by atoms with Crippen LogP contribution in [0.4, 0.5) is 0 Å². The normalized spacial score (nSPS) is 12.6. The van der Waals surface area contributed by atoms with E-state index in [9.17, 15) is 9.59 Å². The Kier molecular flexibility index (Phi) is 7.86. The molecule has 0 aliphatic carbocycles. The average molecular weight is 228 g/mol. The van der Waals surface area contributed by atoms with Gasteiger partial charge in [0.25, 0.3) is 0 Å². The van der Waals surface area contributed by atoms with Crippen molar-refractivity contribution >= 4 is 11.8 Å². The maximum absolute atomic E-state index is 11.8. The van der Waals surface area contributed by atoms with Crippen molar-refractivity contribution in [1.82, 2.24) is 0 Å². The number of Topliss-reactive ketones (excluding diaryl/α,β-unsaturated/α-hetero) is 1. The molecule has 0 fully saturated rings. The second-order valence-corrected chi connectivity index (χ2v) is 4.45. The van der Waals surface area contributed by atoms with E-state index in [2.05, 4.69) is 13.8 Å². The van der Waals surface area contributed by atoms with Crippen molar-refractivity contribution in [2.75, 3.05) is 6.61 Å². The zero-order valence-corrected chi connectivity index (χ0v) is 10.9. The Morgan fingerprint density at radius 2 is 1.75 bits per heavy atom. The van der Waals surface area contributed by atoms with Crippen molar-refractivity contribution in [1.29, 1.82) is 0 Å². The van der Waals surface area contributed by atoms with Gasteiger partial charge in [0.1, 0.15) is 5.78 Å². The molecule has 0 aromatic heterocycles. The lowest BCUT2D eigenvalue weighted by Crippen LogP contribution is -2.21. The summed E-state index contributed by atoms with van der Waals surface area (Å²) in [5.74, 6) is 0.475. The number of ketones is 1. The molecule has 0 amide bonds. The quantitative estimate of drug-likeness (QED) is 0.600. The number of esters is 1. The molecule has 94 valence electrons. The molecule has 0 saturated carbocycles. The van der Waals surface area contributed by atoms with Gasteiger partial charge in [-0.05, 0) is 18.8 Å². The molecule has 0 N–H and O–H groups in total. The fraction of sp³-hybridized carbons (Fsp3) is 0.846. The zero-order valence-electron chi connectivity index (χ0n) is 10.9. The third-order valence-electron chi connectivity index (χ3n) is 2.72. The molecule has 0 spiro atoms. The van der Waals surface area contributed by atoms with Crippen molar-refractivity contribution in [3.05, 3.63) is 0 Å². The SMILES string of the molecule is CCCC(=O)OCCC(=O)C(CC)C(C)C. The van der Waals surface area contributed by atoms with Gasteiger partial charge in [0.05, 0.1) is 6.61 Å². The molecule has 1 unspecified atom stereocenters. The molecule has 0 aliphatic rings. The van der Waals surface area contributed by atoms with Crippen LogP contribution in [0.1, 0.15) is 53.4 Å². The molecule has 0 aromatic rings. The highest BCUT2D eigenvalue weighted by atomic mass is 16.5. The topological polar surface area (TPSA) is 43.4 Å². The van der Waals surface area contributed by atoms with Gasteiger partial charge in [-0.15, -0.1) is 0 Å². The Bertz CT molecular complexity index is 221. The zero-order chi connectivity index (χ0) is 12.6. The van der Waals surface area contributed by atoms with E-state index in [-0.39, 0.29) is 24.3 Å². The fourth-order valence-corrected chi connectivity index (χ4v) is 1.80. The molecule has 3 heteroatoms. The predicted molar refractivity (Wildman–Crippen MR) is 64.1 cm³/mol. The summed E-state index contributed by atoms with van der Waals surface area (Å²) in [7, 11) is 0. The Balaban J connectivity index is 3.84. The van der Waals surface area contributed by atoms with Gasteiger partial charge in [-0.25, -0.2) is 0 Å². The van der Waals surface area contributed by atoms with Gasteiger partial charge in [-0.1, -0.05) is 27.7 Å². The van der Waals surface area contributed by atoms with Crippen LogP contribution in [0, 0.1) is 11.8 Å². The molecule has 0 rings (SSSR count). The van der Waals surface area contributed by atoms with Gasteiger partial charge in [0.15, 0.2) is 0 Å². The Hall–Kier alpha value is -0.860. The minimum absolute atomic E-state index is 0.102. The molecule has 3 nitrogen and oxygen atoms in total. The third-order valence-corrected chi connectivity index (χ3v) is 2.72. The summed E-state index contributed by atoms with van der Waals surface area (Å²) in [6, 6.07) is 0. The van der Waals surface area contributed by atoms with Crippen LogP contribution in [0.25, 0.3) is 0 Å². The van der Waals surface area contributed by atoms with E-state index >= 15 is 0 Å². The standard InChI is InChI=1S/C13H24O3/c1-5-7-13(15)16-9-8-12(14)11(6-2)10(3)4/h10-11H,5-9H2,1-4H3. The molecule has 0 heterocycles. The van der Waals surface area contributed by atoms with Crippen molar-refractivity contribution in [2.24, 2.45) is 11.8 Å². The van der Waals surface area contributed by atoms with Crippen molar-refractivity contribution < 1.29 is 14.3 Å². The van der Waals surface area contributed by atoms with Gasteiger partial charge >= 0.3 is 5.97 Å². The number of hydrogen-bond donors (Lipinski definition) is 0. The molecule has 1 atom stereocenters. The number of carbonyl (C=O) groups excluding carboxylic acids is 2. The summed E-state index contributed by atoms with van der Waals surface area (Å²) in [5.41, 5.74) is 0. The molecular formula is C13H24O3. The van der Waals surface area contributed by atoms with E-state index in [1.165, 1.54) is 0 Å². The number of ether oxygens (including phenoxy) is 1. The van der Waals surface area contributed by atoms with Crippen LogP contribution in [0.15, 0.2) is 0 Å². The lowest BCUT2D eigenvalue weighted by atomic mass is 9.88. The van der Waals surface area contributed by atoms with E-state index in [4.69, 9.17) is 4.74 Å². The maximum atomic E-state index is 11.8. The van der Waals surface area contributed by atoms with Gasteiger partial charge in [0.2, 0.25) is 0 Å². The summed E-state index contributed by atoms with van der Waals surface area (Å²) >= 11 is 0. The van der Waals surface area contributed by atoms with Gasteiger partial charge in [-0.2, -0.15) is 0 Å². The first-order valence-corrected chi connectivity index (χ1v) is 6.21. The number of hydrogen-bond acceptors (Lipinski definition) is 3. The largest absolute Gasteiger partial charge is 0.465 e. The monoisotopic (exact) mass is 228 g/mol. The van der Waals surface area contributed by atoms with Crippen LogP contribution < -0.4 is 0 Å². The highest BCUT2D eigenvalue weighted by molar-refractivity contribution is 5.81. The summed E-state index contributed by atoms with van der Waals surface area (Å²) < 4.78 is 4.97. The summed E-state index contributed by atoms with van der Waals surface area (Å²) in [6.07, 6.45) is 2.44. The molecule has 0 aliphatic heterocycles. The van der Waals surface area contributed by atoms with E-state index in [0.29, 0.717) is 18.8 Å². The van der Waals surface area contributed by atoms with E-state index in [1.807, 2.05) is 13.8 Å². The van der Waals surface area contributed by atoms with Gasteiger partial charge in [-0.3, -0.25) is 9.59 Å². The lowest BCUT2D eigenvalue weighted by Gasteiger charge is -2.17. The van der Waals surface area contributed by atoms with Gasteiger partial charge < -0.3 is 4.74 Å². The average Bonchev–Trinajstić information content (AvgIpc) is 2.18. The first-order valence-electron chi connectivity index (χ1n) is 6.21. The molecule has 0 bridgehead atoms. The van der Waals surface area contributed by atoms with Crippen molar-refractivity contribution in [2.45, 2.75) is 53.4 Å². The van der Waals surface area contributed by atoms with Crippen LogP contribution in [0.3, 0.4) is 0 Å². The van der Waals surface area contributed by atoms with Crippen molar-refractivity contribution in [3.63, 3.8) is 0 Å². The Morgan fingerprint density at radius 3 is 2.19 bits per heavy atom. The van der Waals surface area contributed by atoms with Crippen LogP contribution in [-0.2, 0) is 14.3 Å². The fourth-order valence-electron chi connectivity index (χ4n) is 1.80. The predicted octanol–water partition coefficient (Wildman–Crippen LogP) is 2.97. The second-order valence-electron chi connectivity index (χ2n) is 4.45. The second kappa shape index (κ2) is 8.31. The summed E-state index contributed by atoms with van der Waals surface area (Å²) in [4.78, 5) is 22.8. The number of carbonyl (C=O) groups is 2. The molecule has 16 heavy (non-hydrogen) atoms. The van der Waals surface area contributed by atoms with Crippen molar-refractivity contribution in [3.8, 4) is 0 Å². The van der Waals surface area contributed by atoms with E-state index in [1.54, 1.807) is 0 Å². The first kappa shape index (κ1) is 15.1. The smallest absolute Gasteiger partial charge is 0.305 e. The highest BCUT2D eigenvalue weighted by Crippen LogP contribution is 2.17. The van der Waals surface area contributed by atoms with E-state index < -0.39 is 0 Å². The lowest BCUT2D eigenvalue weighted by molar-refractivity contribution is -0.144. The number of rotatable bonds is 8. The highest BCUT2D eigenvalue weighted by Gasteiger charge is 2.19.